The largest absolute Gasteiger partial charge is 0.433 e. The zero-order valence-corrected chi connectivity index (χ0v) is 53.3. The number of halogens is 7. The van der Waals surface area contributed by atoms with Crippen LogP contribution in [0.4, 0.5) is 30.7 Å². The molecule has 0 amide bonds. The average molecular weight is 1220 g/mol. The van der Waals surface area contributed by atoms with E-state index >= 15 is 0 Å². The van der Waals surface area contributed by atoms with Gasteiger partial charge in [0, 0.05) is 46.5 Å². The smallest absolute Gasteiger partial charge is 0.300 e. The van der Waals surface area contributed by atoms with Gasteiger partial charge in [0.1, 0.15) is 17.3 Å². The topological polar surface area (TPSA) is 184 Å². The third kappa shape index (κ3) is 19.7. The van der Waals surface area contributed by atoms with E-state index in [0.717, 1.165) is 50.1 Å². The third-order valence-corrected chi connectivity index (χ3v) is 10.7. The van der Waals surface area contributed by atoms with Gasteiger partial charge < -0.3 is 61.8 Å². The van der Waals surface area contributed by atoms with Crippen LogP contribution in [0.3, 0.4) is 0 Å². The van der Waals surface area contributed by atoms with Crippen LogP contribution in [0, 0.1) is 104 Å². The first-order valence-corrected chi connectivity index (χ1v) is 28.2. The van der Waals surface area contributed by atoms with Gasteiger partial charge in [-0.25, -0.2) is 0 Å². The summed E-state index contributed by atoms with van der Waals surface area (Å²) in [6, 6.07) is 7.95. The lowest BCUT2D eigenvalue weighted by Gasteiger charge is -1.82. The predicted octanol–water partition coefficient (Wildman–Crippen LogP) is 25.1. The van der Waals surface area contributed by atoms with E-state index in [9.17, 15) is 30.7 Å². The van der Waals surface area contributed by atoms with Crippen LogP contribution in [-0.2, 0) is 0 Å². The van der Waals surface area contributed by atoms with Crippen LogP contribution in [0.1, 0.15) is 148 Å². The van der Waals surface area contributed by atoms with E-state index in [1.54, 1.807) is 65.1 Å². The van der Waals surface area contributed by atoms with Crippen LogP contribution in [0.5, 0.6) is 0 Å². The molecule has 0 bridgehead atoms. The SMILES string of the molecule is CC.CC.CC.CC.CC.CC.CC.Cc1c(F)oc2occc12.Cc1cc2c(C)c(F)oc2o1.Cc1cc2cc(F)oc2o1.Cc1coc2oc(F)c(C)c12.Cc1coc2oc(F)cc12.Cc1oc2oc(F)cc2c1C.Fc1cc2ccoc2o1. The zero-order valence-electron chi connectivity index (χ0n) is 53.3. The number of rotatable bonds is 0. The molecule has 0 N–H and O–H groups in total. The lowest BCUT2D eigenvalue weighted by Crippen LogP contribution is -1.72. The van der Waals surface area contributed by atoms with Crippen molar-refractivity contribution in [1.29, 1.82) is 0 Å². The van der Waals surface area contributed by atoms with Crippen LogP contribution in [0.25, 0.3) is 78.2 Å². The van der Waals surface area contributed by atoms with Gasteiger partial charge in [-0.3, -0.25) is 0 Å². The molecule has 0 aromatic carbocycles. The molecule has 14 nitrogen and oxygen atoms in total. The maximum atomic E-state index is 12.7. The Balaban J connectivity index is 0.000000485. The normalized spacial score (nSPS) is 9.74. The second kappa shape index (κ2) is 37.5. The summed E-state index contributed by atoms with van der Waals surface area (Å²) in [5, 5.41) is 4.94. The minimum atomic E-state index is -0.607. The van der Waals surface area contributed by atoms with Crippen molar-refractivity contribution < 1.29 is 92.6 Å². The molecular weight excluding hydrogens is 1140 g/mol. The maximum Gasteiger partial charge on any atom is 0.300 e. The standard InChI is InChI=1S/3C8H7FO2.3C7H5FO2.C6H3FO2.7C2H6/c1-4-5(2)10-8-6(4)3-7(9)11-8;1-4-3-10-8-6(4)5(2)7(9)11-8;1-4-3-6-5(2)7(9)11-8(6)10-4;1-4-3-9-7-5(4)2-6(8)10-7;1-4-2-5-3-6(8)10-7(5)9-4;1-4-5-2-3-9-7(5)10-6(4)8;7-5-3-4-1-2-8-6(4)9-5;7*1-2/h3*3H,1-2H3;3*2-3H,1H3;1-3H;7*1-2H3. The lowest BCUT2D eigenvalue weighted by molar-refractivity contribution is 0.338. The molecule has 0 aliphatic carbocycles. The van der Waals surface area contributed by atoms with Crippen molar-refractivity contribution >= 4 is 78.2 Å². The van der Waals surface area contributed by atoms with Crippen LogP contribution >= 0.6 is 0 Å². The van der Waals surface area contributed by atoms with E-state index in [-0.39, 0.29) is 40.5 Å². The highest BCUT2D eigenvalue weighted by Crippen LogP contribution is 2.30. The van der Waals surface area contributed by atoms with E-state index in [0.29, 0.717) is 38.2 Å². The first-order valence-electron chi connectivity index (χ1n) is 28.2. The van der Waals surface area contributed by atoms with Crippen molar-refractivity contribution in [2.75, 3.05) is 0 Å². The fourth-order valence-corrected chi connectivity index (χ4v) is 6.88. The molecule has 21 heteroatoms. The summed E-state index contributed by atoms with van der Waals surface area (Å²) in [5.74, 6) is 4.09. The molecule has 0 aliphatic rings. The lowest BCUT2D eigenvalue weighted by atomic mass is 10.2. The Bertz CT molecular complexity index is 3880. The average Bonchev–Trinajstić information content (AvgIpc) is 3.40. The van der Waals surface area contributed by atoms with Crippen LogP contribution in [0.2, 0.25) is 0 Å². The summed E-state index contributed by atoms with van der Waals surface area (Å²) >= 11 is 0. The fraction of sp³-hybridized carbons (Fsp3) is 0.354. The van der Waals surface area contributed by atoms with E-state index < -0.39 is 42.1 Å². The Labute approximate surface area is 494 Å². The van der Waals surface area contributed by atoms with E-state index in [1.165, 1.54) is 43.1 Å². The molecule has 0 spiro atoms. The molecule has 14 rings (SSSR count). The summed E-state index contributed by atoms with van der Waals surface area (Å²) in [6.07, 6.45) is 6.02. The molecule has 14 heterocycles. The van der Waals surface area contributed by atoms with Gasteiger partial charge in [0.15, 0.2) is 0 Å². The Morgan fingerprint density at radius 1 is 0.279 bits per heavy atom. The molecule has 0 atom stereocenters. The van der Waals surface area contributed by atoms with Gasteiger partial charge in [0.05, 0.1) is 62.8 Å². The summed E-state index contributed by atoms with van der Waals surface area (Å²) in [6.45, 7) is 43.9. The summed E-state index contributed by atoms with van der Waals surface area (Å²) in [7, 11) is 0. The van der Waals surface area contributed by atoms with Gasteiger partial charge >= 0.3 is 0 Å². The van der Waals surface area contributed by atoms with Crippen LogP contribution in [-0.4, -0.2) is 0 Å². The zero-order chi connectivity index (χ0) is 65.7. The number of fused-ring (bicyclic) bond motifs is 7. The van der Waals surface area contributed by atoms with Crippen molar-refractivity contribution in [3.8, 4) is 0 Å². The molecule has 474 valence electrons. The van der Waals surface area contributed by atoms with Gasteiger partial charge in [0.2, 0.25) is 0 Å². The number of aryl methyl sites for hydroxylation is 9. The third-order valence-electron chi connectivity index (χ3n) is 10.7. The van der Waals surface area contributed by atoms with Gasteiger partial charge in [-0.1, -0.05) is 96.9 Å². The molecule has 0 fully saturated rings. The maximum absolute atomic E-state index is 12.7. The molecule has 0 saturated heterocycles. The molecule has 86 heavy (non-hydrogen) atoms. The Morgan fingerprint density at radius 2 is 0.674 bits per heavy atom. The number of hydrogen-bond acceptors (Lipinski definition) is 14. The first-order chi connectivity index (χ1) is 41.2. The molecule has 0 radical (unpaired) electrons. The van der Waals surface area contributed by atoms with Gasteiger partial charge in [-0.2, -0.15) is 30.7 Å². The molecule has 14 aromatic rings. The minimum Gasteiger partial charge on any atom is -0.433 e. The van der Waals surface area contributed by atoms with Crippen LogP contribution < -0.4 is 0 Å². The second-order valence-electron chi connectivity index (χ2n) is 15.8. The minimum absolute atomic E-state index is 0.243. The van der Waals surface area contributed by atoms with Crippen molar-refractivity contribution in [2.24, 2.45) is 0 Å². The molecule has 0 unspecified atom stereocenters. The monoisotopic (exact) mass is 1220 g/mol. The molecule has 0 aliphatic heterocycles. The Morgan fingerprint density at radius 3 is 1.21 bits per heavy atom. The highest BCUT2D eigenvalue weighted by Gasteiger charge is 2.16. The Hall–Kier alpha value is -8.75. The second-order valence-corrected chi connectivity index (χ2v) is 15.8. The van der Waals surface area contributed by atoms with E-state index in [4.69, 9.17) is 30.9 Å². The van der Waals surface area contributed by atoms with Gasteiger partial charge in [0.25, 0.3) is 82.6 Å². The Kier molecular flexibility index (Phi) is 32.9. The first kappa shape index (κ1) is 75.3. The van der Waals surface area contributed by atoms with Crippen LogP contribution in [0.15, 0.2) is 135 Å². The summed E-state index contributed by atoms with van der Waals surface area (Å²) in [5.41, 5.74) is 4.27. The highest BCUT2D eigenvalue weighted by molar-refractivity contribution is 5.81. The summed E-state index contributed by atoms with van der Waals surface area (Å²) in [4.78, 5) is 0. The van der Waals surface area contributed by atoms with Crippen molar-refractivity contribution in [2.45, 2.75) is 159 Å². The molecule has 0 saturated carbocycles. The highest BCUT2D eigenvalue weighted by atomic mass is 19.2. The van der Waals surface area contributed by atoms with Crippen molar-refractivity contribution in [1.82, 2.24) is 0 Å². The quantitative estimate of drug-likeness (QED) is 0.131. The van der Waals surface area contributed by atoms with E-state index in [2.05, 4.69) is 30.9 Å². The summed E-state index contributed by atoms with van der Waals surface area (Å²) < 4.78 is 154. The fourth-order valence-electron chi connectivity index (χ4n) is 6.88. The number of hydrogen-bond donors (Lipinski definition) is 0. The predicted molar refractivity (Wildman–Crippen MR) is 321 cm³/mol. The number of furan rings is 14. The molecule has 14 aromatic heterocycles. The van der Waals surface area contributed by atoms with E-state index in [1.807, 2.05) is 125 Å². The van der Waals surface area contributed by atoms with Gasteiger partial charge in [-0.05, 0) is 97.7 Å². The van der Waals surface area contributed by atoms with Gasteiger partial charge in [-0.15, -0.1) is 0 Å². The van der Waals surface area contributed by atoms with Crippen molar-refractivity contribution in [3.05, 3.63) is 166 Å². The molecular formula is C65H81F7O14. The van der Waals surface area contributed by atoms with Crippen molar-refractivity contribution in [3.63, 3.8) is 0 Å².